The molecule has 1 fully saturated rings. The highest BCUT2D eigenvalue weighted by Gasteiger charge is 2.25. The highest BCUT2D eigenvalue weighted by Crippen LogP contribution is 2.37. The summed E-state index contributed by atoms with van der Waals surface area (Å²) < 4.78 is 48.9. The Labute approximate surface area is 213 Å². The van der Waals surface area contributed by atoms with E-state index >= 15 is 4.39 Å². The quantitative estimate of drug-likeness (QED) is 0.488. The Morgan fingerprint density at radius 2 is 1.70 bits per heavy atom. The van der Waals surface area contributed by atoms with Gasteiger partial charge >= 0.3 is 0 Å². The minimum atomic E-state index is -0.670. The molecule has 2 aromatic carbocycles. The smallest absolute Gasteiger partial charge is 0.228 e. The molecule has 0 atom stereocenters. The van der Waals surface area contributed by atoms with Crippen molar-refractivity contribution >= 4 is 28.6 Å². The third-order valence-electron chi connectivity index (χ3n) is 5.86. The summed E-state index contributed by atoms with van der Waals surface area (Å²) in [6.45, 7) is 1.69. The molecule has 1 aliphatic heterocycles. The number of piperazine rings is 1. The number of aromatic nitrogens is 2. The number of alkyl halides is 1. The van der Waals surface area contributed by atoms with Crippen LogP contribution in [0.2, 0.25) is 0 Å². The van der Waals surface area contributed by atoms with Gasteiger partial charge in [0.25, 0.3) is 0 Å². The van der Waals surface area contributed by atoms with Crippen molar-refractivity contribution in [2.45, 2.75) is 12.8 Å². The molecule has 0 aliphatic carbocycles. The van der Waals surface area contributed by atoms with E-state index in [0.29, 0.717) is 50.4 Å². The van der Waals surface area contributed by atoms with Crippen LogP contribution >= 0.6 is 0 Å². The third kappa shape index (κ3) is 6.70. The van der Waals surface area contributed by atoms with Crippen molar-refractivity contribution in [1.82, 2.24) is 14.9 Å². The van der Waals surface area contributed by atoms with Crippen molar-refractivity contribution in [3.63, 3.8) is 0 Å². The number of rotatable bonds is 7. The summed E-state index contributed by atoms with van der Waals surface area (Å²) in [6, 6.07) is 7.70. The number of nitrogens with zero attached hydrogens (tertiary/aromatic N) is 4. The number of fused-ring (bicyclic) bond motifs is 1. The van der Waals surface area contributed by atoms with E-state index in [9.17, 15) is 13.6 Å². The molecular weight excluding hydrogens is 489 g/mol. The maximum absolute atomic E-state index is 15.0. The van der Waals surface area contributed by atoms with E-state index in [2.05, 4.69) is 15.7 Å². The molecule has 200 valence electrons. The van der Waals surface area contributed by atoms with Gasteiger partial charge in [-0.1, -0.05) is 12.1 Å². The molecule has 4 rings (SSSR count). The summed E-state index contributed by atoms with van der Waals surface area (Å²) in [5.41, 5.74) is 11.7. The standard InChI is InChI=1S/C23H25F2N5O3.C2H6FN/c1-32-17-13-16-20(19(25)21(17)33-2)27-23(28-22(16)26)30-11-9-29(10-12-30)18(31)8-5-14-3-6-15(24)7-4-14;3-1-2-4/h3-4,6-7,13H,5,8-12H2,1-2H3,(H2,26,27,28);1-2,4H2. The molecule has 12 heteroatoms. The van der Waals surface area contributed by atoms with Crippen molar-refractivity contribution in [2.24, 2.45) is 5.73 Å². The van der Waals surface area contributed by atoms with Crippen molar-refractivity contribution in [3.8, 4) is 11.5 Å². The van der Waals surface area contributed by atoms with Gasteiger partial charge in [-0.05, 0) is 30.2 Å². The molecule has 0 bridgehead atoms. The number of hydrogen-bond donors (Lipinski definition) is 2. The molecule has 37 heavy (non-hydrogen) atoms. The number of halogens is 3. The number of nitrogen functional groups attached to an aromatic ring is 1. The van der Waals surface area contributed by atoms with E-state index in [4.69, 9.17) is 15.2 Å². The van der Waals surface area contributed by atoms with Gasteiger partial charge in [-0.3, -0.25) is 4.79 Å². The summed E-state index contributed by atoms with van der Waals surface area (Å²) >= 11 is 0. The first-order valence-corrected chi connectivity index (χ1v) is 11.7. The molecule has 0 saturated carbocycles. The second-order valence-corrected chi connectivity index (χ2v) is 8.20. The third-order valence-corrected chi connectivity index (χ3v) is 5.86. The van der Waals surface area contributed by atoms with Crippen LogP contribution in [0.15, 0.2) is 30.3 Å². The van der Waals surface area contributed by atoms with Gasteiger partial charge in [-0.25, -0.2) is 18.2 Å². The molecule has 0 radical (unpaired) electrons. The summed E-state index contributed by atoms with van der Waals surface area (Å²) in [6.07, 6.45) is 0.895. The van der Waals surface area contributed by atoms with Crippen LogP contribution in [0.3, 0.4) is 0 Å². The number of amides is 1. The molecule has 2 heterocycles. The number of nitrogens with two attached hydrogens (primary N) is 2. The first-order chi connectivity index (χ1) is 17.8. The van der Waals surface area contributed by atoms with E-state index in [0.717, 1.165) is 5.56 Å². The Bertz CT molecular complexity index is 1200. The highest BCUT2D eigenvalue weighted by molar-refractivity contribution is 5.92. The number of hydrogen-bond acceptors (Lipinski definition) is 8. The van der Waals surface area contributed by atoms with Crippen LogP contribution in [0.5, 0.6) is 11.5 Å². The molecule has 0 unspecified atom stereocenters. The Morgan fingerprint density at radius 1 is 1.05 bits per heavy atom. The minimum absolute atomic E-state index is 0.0285. The van der Waals surface area contributed by atoms with Crippen LogP contribution in [0, 0.1) is 11.6 Å². The van der Waals surface area contributed by atoms with Gasteiger partial charge in [-0.2, -0.15) is 4.98 Å². The van der Waals surface area contributed by atoms with E-state index in [1.54, 1.807) is 23.1 Å². The van der Waals surface area contributed by atoms with E-state index in [1.165, 1.54) is 26.4 Å². The lowest BCUT2D eigenvalue weighted by Gasteiger charge is -2.35. The second-order valence-electron chi connectivity index (χ2n) is 8.20. The Morgan fingerprint density at radius 3 is 2.27 bits per heavy atom. The largest absolute Gasteiger partial charge is 0.493 e. The van der Waals surface area contributed by atoms with Crippen LogP contribution < -0.4 is 25.8 Å². The average Bonchev–Trinajstić information content (AvgIpc) is 2.93. The van der Waals surface area contributed by atoms with Crippen molar-refractivity contribution in [3.05, 3.63) is 47.5 Å². The monoisotopic (exact) mass is 520 g/mol. The molecular formula is C25H31F3N6O3. The minimum Gasteiger partial charge on any atom is -0.493 e. The van der Waals surface area contributed by atoms with Crippen LogP contribution in [0.1, 0.15) is 12.0 Å². The van der Waals surface area contributed by atoms with Gasteiger partial charge in [0.1, 0.15) is 23.8 Å². The first kappa shape index (κ1) is 27.8. The topological polar surface area (TPSA) is 120 Å². The number of aryl methyl sites for hydroxylation is 1. The Balaban J connectivity index is 0.000000886. The van der Waals surface area contributed by atoms with Gasteiger partial charge in [0.15, 0.2) is 17.3 Å². The molecule has 1 aromatic heterocycles. The fourth-order valence-corrected chi connectivity index (χ4v) is 3.90. The van der Waals surface area contributed by atoms with Crippen LogP contribution in [0.25, 0.3) is 10.9 Å². The Hall–Kier alpha value is -3.80. The summed E-state index contributed by atoms with van der Waals surface area (Å²) in [7, 11) is 2.76. The van der Waals surface area contributed by atoms with Gasteiger partial charge < -0.3 is 30.7 Å². The lowest BCUT2D eigenvalue weighted by molar-refractivity contribution is -0.131. The fourth-order valence-electron chi connectivity index (χ4n) is 3.90. The summed E-state index contributed by atoms with van der Waals surface area (Å²) in [5, 5.41) is 0.337. The molecule has 4 N–H and O–H groups in total. The van der Waals surface area contributed by atoms with Crippen LogP contribution in [-0.4, -0.2) is 74.4 Å². The highest BCUT2D eigenvalue weighted by atomic mass is 19.1. The maximum atomic E-state index is 15.0. The maximum Gasteiger partial charge on any atom is 0.228 e. The molecule has 9 nitrogen and oxygen atoms in total. The Kier molecular flexibility index (Phi) is 9.72. The normalized spacial score (nSPS) is 13.2. The van der Waals surface area contributed by atoms with Crippen molar-refractivity contribution < 1.29 is 27.4 Å². The predicted octanol–water partition coefficient (Wildman–Crippen LogP) is 2.70. The number of carbonyl (C=O) groups is 1. The van der Waals surface area contributed by atoms with Crippen molar-refractivity contribution in [1.29, 1.82) is 0 Å². The molecule has 1 amide bonds. The molecule has 3 aromatic rings. The molecule has 0 spiro atoms. The number of methoxy groups -OCH3 is 2. The zero-order valence-electron chi connectivity index (χ0n) is 20.8. The second kappa shape index (κ2) is 12.9. The number of ether oxygens (including phenoxy) is 2. The molecule has 1 saturated heterocycles. The van der Waals surface area contributed by atoms with Gasteiger partial charge in [0.2, 0.25) is 11.9 Å². The number of anilines is 2. The van der Waals surface area contributed by atoms with E-state index in [1.807, 2.05) is 4.90 Å². The average molecular weight is 521 g/mol. The lowest BCUT2D eigenvalue weighted by atomic mass is 10.1. The fraction of sp³-hybridized carbons (Fsp3) is 0.400. The number of benzene rings is 2. The number of carbonyl (C=O) groups excluding carboxylic acids is 1. The van der Waals surface area contributed by atoms with Crippen molar-refractivity contribution in [2.75, 3.05) is 64.3 Å². The van der Waals surface area contributed by atoms with Gasteiger partial charge in [0, 0.05) is 44.5 Å². The van der Waals surface area contributed by atoms with Crippen LogP contribution in [-0.2, 0) is 11.2 Å². The van der Waals surface area contributed by atoms with Gasteiger partial charge in [-0.15, -0.1) is 0 Å². The lowest BCUT2D eigenvalue weighted by Crippen LogP contribution is -2.49. The zero-order chi connectivity index (χ0) is 26.9. The van der Waals surface area contributed by atoms with Crippen LogP contribution in [0.4, 0.5) is 24.9 Å². The SMILES string of the molecule is COc1cc2c(N)nc(N3CCN(C(=O)CCc4ccc(F)cc4)CC3)nc2c(F)c1OC.NCCF. The van der Waals surface area contributed by atoms with Gasteiger partial charge in [0.05, 0.1) is 14.2 Å². The van der Waals surface area contributed by atoms with E-state index in [-0.39, 0.29) is 41.1 Å². The predicted molar refractivity (Wildman–Crippen MR) is 136 cm³/mol. The first-order valence-electron chi connectivity index (χ1n) is 11.7. The summed E-state index contributed by atoms with van der Waals surface area (Å²) in [5.74, 6) is -0.353. The zero-order valence-corrected chi connectivity index (χ0v) is 20.8. The molecule has 1 aliphatic rings. The summed E-state index contributed by atoms with van der Waals surface area (Å²) in [4.78, 5) is 25.0. The van der Waals surface area contributed by atoms with E-state index < -0.39 is 12.5 Å².